The molecule has 0 bridgehead atoms. The summed E-state index contributed by atoms with van der Waals surface area (Å²) in [4.78, 5) is 10.6. The maximum absolute atomic E-state index is 12.1. The lowest BCUT2D eigenvalue weighted by molar-refractivity contribution is -0.155. The summed E-state index contributed by atoms with van der Waals surface area (Å²) in [6.07, 6.45) is 0. The standard InChI is InChI=1S/C12H14N2O5S/c1-8-3-4-9(6-13)5-10(8)20(18,19)14-7-12(2,17)11(15)16/h3-5,14,17H,7H2,1-2H3,(H,15,16). The van der Waals surface area contributed by atoms with E-state index in [0.29, 0.717) is 5.56 Å². The number of benzene rings is 1. The fourth-order valence-electron chi connectivity index (χ4n) is 1.35. The van der Waals surface area contributed by atoms with Crippen LogP contribution in [0.3, 0.4) is 0 Å². The van der Waals surface area contributed by atoms with Gasteiger partial charge in [0.25, 0.3) is 0 Å². The van der Waals surface area contributed by atoms with Gasteiger partial charge in [0.15, 0.2) is 5.60 Å². The molecule has 0 saturated heterocycles. The first-order chi connectivity index (χ1) is 9.10. The minimum atomic E-state index is -4.01. The van der Waals surface area contributed by atoms with Gasteiger partial charge in [0.2, 0.25) is 10.0 Å². The molecule has 0 spiro atoms. The highest BCUT2D eigenvalue weighted by Crippen LogP contribution is 2.17. The summed E-state index contributed by atoms with van der Waals surface area (Å²) < 4.78 is 26.2. The third kappa shape index (κ3) is 3.54. The Kier molecular flexibility index (Phi) is 4.50. The Labute approximate surface area is 116 Å². The van der Waals surface area contributed by atoms with Gasteiger partial charge < -0.3 is 10.2 Å². The van der Waals surface area contributed by atoms with Crippen LogP contribution in [0.15, 0.2) is 23.1 Å². The average molecular weight is 298 g/mol. The molecule has 3 N–H and O–H groups in total. The highest BCUT2D eigenvalue weighted by molar-refractivity contribution is 7.89. The van der Waals surface area contributed by atoms with E-state index in [0.717, 1.165) is 6.92 Å². The quantitative estimate of drug-likeness (QED) is 0.701. The van der Waals surface area contributed by atoms with Gasteiger partial charge in [-0.25, -0.2) is 17.9 Å². The molecule has 108 valence electrons. The Morgan fingerprint density at radius 3 is 2.60 bits per heavy atom. The summed E-state index contributed by atoms with van der Waals surface area (Å²) in [6, 6.07) is 5.96. The Hall–Kier alpha value is -1.95. The normalized spacial score (nSPS) is 14.3. The van der Waals surface area contributed by atoms with E-state index in [4.69, 9.17) is 10.4 Å². The molecule has 1 rings (SSSR count). The van der Waals surface area contributed by atoms with Crippen molar-refractivity contribution < 1.29 is 23.4 Å². The van der Waals surface area contributed by atoms with E-state index in [2.05, 4.69) is 0 Å². The summed E-state index contributed by atoms with van der Waals surface area (Å²) in [5, 5.41) is 27.0. The van der Waals surface area contributed by atoms with Crippen LogP contribution in [0.1, 0.15) is 18.1 Å². The third-order valence-electron chi connectivity index (χ3n) is 2.67. The maximum atomic E-state index is 12.1. The van der Waals surface area contributed by atoms with Crippen LogP contribution in [0.5, 0.6) is 0 Å². The zero-order valence-corrected chi connectivity index (χ0v) is 11.7. The number of nitriles is 1. The molecular formula is C12H14N2O5S. The molecule has 0 heterocycles. The van der Waals surface area contributed by atoms with Crippen molar-refractivity contribution in [3.8, 4) is 6.07 Å². The van der Waals surface area contributed by atoms with Crippen molar-refractivity contribution in [3.63, 3.8) is 0 Å². The molecule has 0 aliphatic rings. The Bertz CT molecular complexity index is 674. The van der Waals surface area contributed by atoms with Crippen molar-refractivity contribution in [2.45, 2.75) is 24.3 Å². The molecule has 1 unspecified atom stereocenters. The lowest BCUT2D eigenvalue weighted by atomic mass is 10.1. The number of hydrogen-bond acceptors (Lipinski definition) is 5. The first kappa shape index (κ1) is 16.1. The molecule has 1 aromatic rings. The highest BCUT2D eigenvalue weighted by Gasteiger charge is 2.32. The first-order valence-electron chi connectivity index (χ1n) is 5.56. The molecule has 0 aliphatic heterocycles. The molecule has 8 heteroatoms. The monoisotopic (exact) mass is 298 g/mol. The lowest BCUT2D eigenvalue weighted by Crippen LogP contribution is -2.46. The number of carboxylic acid groups (broad SMARTS) is 1. The zero-order valence-electron chi connectivity index (χ0n) is 10.9. The Morgan fingerprint density at radius 2 is 2.10 bits per heavy atom. The minimum absolute atomic E-state index is 0.127. The predicted molar refractivity (Wildman–Crippen MR) is 69.3 cm³/mol. The summed E-state index contributed by atoms with van der Waals surface area (Å²) in [7, 11) is -4.01. The minimum Gasteiger partial charge on any atom is -0.479 e. The van der Waals surface area contributed by atoms with Gasteiger partial charge >= 0.3 is 5.97 Å². The fraction of sp³-hybridized carbons (Fsp3) is 0.333. The van der Waals surface area contributed by atoms with E-state index in [1.165, 1.54) is 18.2 Å². The number of carbonyl (C=O) groups is 1. The number of aliphatic hydroxyl groups is 1. The molecule has 0 amide bonds. The van der Waals surface area contributed by atoms with Gasteiger partial charge in [0.1, 0.15) is 0 Å². The summed E-state index contributed by atoms with van der Waals surface area (Å²) in [5.41, 5.74) is -1.64. The van der Waals surface area contributed by atoms with Gasteiger partial charge in [0.05, 0.1) is 23.1 Å². The molecule has 0 fully saturated rings. The van der Waals surface area contributed by atoms with Crippen molar-refractivity contribution >= 4 is 16.0 Å². The molecule has 20 heavy (non-hydrogen) atoms. The van der Waals surface area contributed by atoms with Crippen LogP contribution in [-0.4, -0.2) is 36.7 Å². The molecule has 1 aromatic carbocycles. The number of aryl methyl sites for hydroxylation is 1. The van der Waals surface area contributed by atoms with Crippen LogP contribution >= 0.6 is 0 Å². The lowest BCUT2D eigenvalue weighted by Gasteiger charge is -2.18. The fourth-order valence-corrected chi connectivity index (χ4v) is 2.75. The second-order valence-electron chi connectivity index (χ2n) is 4.50. The molecule has 0 aromatic heterocycles. The number of nitrogens with one attached hydrogen (secondary N) is 1. The Balaban J connectivity index is 3.07. The van der Waals surface area contributed by atoms with Crippen molar-refractivity contribution in [2.24, 2.45) is 0 Å². The van der Waals surface area contributed by atoms with Gasteiger partial charge in [-0.05, 0) is 31.5 Å². The summed E-state index contributed by atoms with van der Waals surface area (Å²) in [5.74, 6) is -1.54. The smallest absolute Gasteiger partial charge is 0.336 e. The van der Waals surface area contributed by atoms with E-state index in [1.54, 1.807) is 6.92 Å². The summed E-state index contributed by atoms with van der Waals surface area (Å²) >= 11 is 0. The van der Waals surface area contributed by atoms with Crippen molar-refractivity contribution in [1.82, 2.24) is 4.72 Å². The number of nitrogens with zero attached hydrogens (tertiary/aromatic N) is 1. The number of rotatable bonds is 5. The molecule has 1 atom stereocenters. The number of aliphatic carboxylic acids is 1. The number of carboxylic acids is 1. The van der Waals surface area contributed by atoms with Gasteiger partial charge in [-0.1, -0.05) is 6.07 Å². The SMILES string of the molecule is Cc1ccc(C#N)cc1S(=O)(=O)NCC(C)(O)C(=O)O. The summed E-state index contributed by atoms with van der Waals surface area (Å²) in [6.45, 7) is 1.85. The predicted octanol–water partition coefficient (Wildman–Crippen LogP) is -0.0194. The van der Waals surface area contributed by atoms with Gasteiger partial charge in [-0.3, -0.25) is 0 Å². The van der Waals surface area contributed by atoms with Crippen LogP contribution in [-0.2, 0) is 14.8 Å². The van der Waals surface area contributed by atoms with E-state index < -0.39 is 28.1 Å². The zero-order chi connectivity index (χ0) is 15.6. The number of sulfonamides is 1. The maximum Gasteiger partial charge on any atom is 0.336 e. The molecule has 7 nitrogen and oxygen atoms in total. The topological polar surface area (TPSA) is 127 Å². The molecule has 0 radical (unpaired) electrons. The van der Waals surface area contributed by atoms with Gasteiger partial charge in [-0.2, -0.15) is 5.26 Å². The largest absolute Gasteiger partial charge is 0.479 e. The van der Waals surface area contributed by atoms with Crippen molar-refractivity contribution in [1.29, 1.82) is 5.26 Å². The van der Waals surface area contributed by atoms with Crippen LogP contribution in [0, 0.1) is 18.3 Å². The van der Waals surface area contributed by atoms with Gasteiger partial charge in [0, 0.05) is 0 Å². The Morgan fingerprint density at radius 1 is 1.50 bits per heavy atom. The molecule has 0 aliphatic carbocycles. The molecular weight excluding hydrogens is 284 g/mol. The highest BCUT2D eigenvalue weighted by atomic mass is 32.2. The van der Waals surface area contributed by atoms with E-state index in [9.17, 15) is 18.3 Å². The van der Waals surface area contributed by atoms with Crippen LogP contribution < -0.4 is 4.72 Å². The van der Waals surface area contributed by atoms with Crippen molar-refractivity contribution in [2.75, 3.05) is 6.54 Å². The van der Waals surface area contributed by atoms with Crippen LogP contribution in [0.4, 0.5) is 0 Å². The second-order valence-corrected chi connectivity index (χ2v) is 6.23. The first-order valence-corrected chi connectivity index (χ1v) is 7.04. The average Bonchev–Trinajstić information content (AvgIpc) is 2.37. The van der Waals surface area contributed by atoms with Gasteiger partial charge in [-0.15, -0.1) is 0 Å². The third-order valence-corrected chi connectivity index (χ3v) is 4.22. The van der Waals surface area contributed by atoms with Crippen molar-refractivity contribution in [3.05, 3.63) is 29.3 Å². The van der Waals surface area contributed by atoms with Crippen LogP contribution in [0.2, 0.25) is 0 Å². The molecule has 0 saturated carbocycles. The van der Waals surface area contributed by atoms with E-state index in [1.807, 2.05) is 10.8 Å². The van der Waals surface area contributed by atoms with E-state index in [-0.39, 0.29) is 10.5 Å². The van der Waals surface area contributed by atoms with Crippen LogP contribution in [0.25, 0.3) is 0 Å². The number of hydrogen-bond donors (Lipinski definition) is 3. The van der Waals surface area contributed by atoms with E-state index >= 15 is 0 Å². The second kappa shape index (κ2) is 5.58.